The number of thiophene rings is 1. The lowest BCUT2D eigenvalue weighted by Crippen LogP contribution is -2.17. The predicted octanol–water partition coefficient (Wildman–Crippen LogP) is 6.70. The summed E-state index contributed by atoms with van der Waals surface area (Å²) in [7, 11) is 0. The van der Waals surface area contributed by atoms with E-state index in [2.05, 4.69) is 68.8 Å². The molecule has 0 saturated carbocycles. The van der Waals surface area contributed by atoms with Crippen LogP contribution in [-0.4, -0.2) is 12.4 Å². The van der Waals surface area contributed by atoms with Crippen molar-refractivity contribution >= 4 is 23.1 Å². The molecule has 2 rings (SSSR count). The Hall–Kier alpha value is -0.930. The van der Waals surface area contributed by atoms with Crippen LogP contribution in [0.25, 0.3) is 0 Å². The summed E-state index contributed by atoms with van der Waals surface area (Å²) >= 11 is 3.72. The third kappa shape index (κ3) is 6.60. The van der Waals surface area contributed by atoms with Crippen molar-refractivity contribution in [1.82, 2.24) is 0 Å². The van der Waals surface area contributed by atoms with Gasteiger partial charge in [0.25, 0.3) is 0 Å². The Morgan fingerprint density at radius 2 is 1.78 bits per heavy atom. The Bertz CT molecular complexity index is 544. The van der Waals surface area contributed by atoms with E-state index in [1.807, 2.05) is 11.8 Å². The van der Waals surface area contributed by atoms with Gasteiger partial charge in [0, 0.05) is 21.9 Å². The number of hydrogen-bond donors (Lipinski definition) is 0. The maximum absolute atomic E-state index is 6.06. The quantitative estimate of drug-likeness (QED) is 0.466. The van der Waals surface area contributed by atoms with Crippen LogP contribution in [0.15, 0.2) is 46.0 Å². The van der Waals surface area contributed by atoms with E-state index in [0.717, 1.165) is 18.1 Å². The molecule has 1 nitrogen and oxygen atoms in total. The normalized spacial score (nSPS) is 12.8. The Kier molecular flexibility index (Phi) is 7.51. The topological polar surface area (TPSA) is 9.23 Å². The monoisotopic (exact) mass is 348 g/mol. The zero-order valence-corrected chi connectivity index (χ0v) is 16.3. The molecule has 0 radical (unpaired) electrons. The third-order valence-electron chi connectivity index (χ3n) is 3.82. The minimum absolute atomic E-state index is 0.569. The van der Waals surface area contributed by atoms with Crippen LogP contribution in [0.3, 0.4) is 0 Å². The minimum atomic E-state index is 0.569. The summed E-state index contributed by atoms with van der Waals surface area (Å²) in [5.74, 6) is 3.97. The highest BCUT2D eigenvalue weighted by Crippen LogP contribution is 2.27. The van der Waals surface area contributed by atoms with Crippen molar-refractivity contribution in [2.45, 2.75) is 44.9 Å². The van der Waals surface area contributed by atoms with E-state index in [1.165, 1.54) is 16.9 Å². The largest absolute Gasteiger partial charge is 0.493 e. The SMILES string of the molecule is CC(C)CC(COc1ccc(C(C)C)cc1)CSc1ccsc1. The molecule has 0 saturated heterocycles. The van der Waals surface area contributed by atoms with Gasteiger partial charge in [-0.3, -0.25) is 0 Å². The van der Waals surface area contributed by atoms with Crippen LogP contribution in [0.4, 0.5) is 0 Å². The first-order chi connectivity index (χ1) is 11.0. The number of thioether (sulfide) groups is 1. The fourth-order valence-corrected chi connectivity index (χ4v) is 4.43. The van der Waals surface area contributed by atoms with Crippen LogP contribution in [0.2, 0.25) is 0 Å². The molecule has 23 heavy (non-hydrogen) atoms. The van der Waals surface area contributed by atoms with Gasteiger partial charge in [-0.1, -0.05) is 39.8 Å². The van der Waals surface area contributed by atoms with Crippen molar-refractivity contribution in [1.29, 1.82) is 0 Å². The molecule has 0 N–H and O–H groups in total. The zero-order chi connectivity index (χ0) is 16.7. The fraction of sp³-hybridized carbons (Fsp3) is 0.500. The summed E-state index contributed by atoms with van der Waals surface area (Å²) in [5.41, 5.74) is 1.36. The van der Waals surface area contributed by atoms with Gasteiger partial charge in [-0.05, 0) is 47.4 Å². The molecule has 0 aliphatic rings. The summed E-state index contributed by atoms with van der Waals surface area (Å²) < 4.78 is 6.06. The van der Waals surface area contributed by atoms with Crippen LogP contribution in [0.5, 0.6) is 5.75 Å². The van der Waals surface area contributed by atoms with Crippen molar-refractivity contribution in [3.05, 3.63) is 46.7 Å². The van der Waals surface area contributed by atoms with Crippen LogP contribution >= 0.6 is 23.1 Å². The van der Waals surface area contributed by atoms with Gasteiger partial charge < -0.3 is 4.74 Å². The first kappa shape index (κ1) is 18.4. The van der Waals surface area contributed by atoms with Crippen molar-refractivity contribution in [2.24, 2.45) is 11.8 Å². The molecule has 1 aromatic heterocycles. The average molecular weight is 349 g/mol. The minimum Gasteiger partial charge on any atom is -0.493 e. The molecule has 0 fully saturated rings. The van der Waals surface area contributed by atoms with Crippen LogP contribution < -0.4 is 4.74 Å². The number of benzene rings is 1. The van der Waals surface area contributed by atoms with Gasteiger partial charge in [-0.15, -0.1) is 11.8 Å². The standard InChI is InChI=1S/C20H28OS2/c1-15(2)11-17(13-23-20-9-10-22-14-20)12-21-19-7-5-18(6-8-19)16(3)4/h5-10,14-17H,11-13H2,1-4H3. The van der Waals surface area contributed by atoms with E-state index in [9.17, 15) is 0 Å². The highest BCUT2D eigenvalue weighted by molar-refractivity contribution is 7.99. The summed E-state index contributed by atoms with van der Waals surface area (Å²) in [6, 6.07) is 10.8. The van der Waals surface area contributed by atoms with E-state index in [4.69, 9.17) is 4.74 Å². The van der Waals surface area contributed by atoms with Gasteiger partial charge in [0.2, 0.25) is 0 Å². The van der Waals surface area contributed by atoms with Crippen LogP contribution in [0, 0.1) is 11.8 Å². The van der Waals surface area contributed by atoms with Crippen molar-refractivity contribution in [2.75, 3.05) is 12.4 Å². The third-order valence-corrected chi connectivity index (χ3v) is 5.88. The number of ether oxygens (including phenoxy) is 1. The summed E-state index contributed by atoms with van der Waals surface area (Å²) in [6.45, 7) is 9.82. The molecule has 0 aliphatic carbocycles. The molecular formula is C20H28OS2. The average Bonchev–Trinajstić information content (AvgIpc) is 3.03. The smallest absolute Gasteiger partial charge is 0.119 e. The maximum atomic E-state index is 6.06. The molecule has 1 heterocycles. The highest BCUT2D eigenvalue weighted by atomic mass is 32.2. The van der Waals surface area contributed by atoms with Crippen molar-refractivity contribution in [3.63, 3.8) is 0 Å². The molecule has 1 atom stereocenters. The van der Waals surface area contributed by atoms with Gasteiger partial charge in [0.15, 0.2) is 0 Å². The number of rotatable bonds is 9. The van der Waals surface area contributed by atoms with E-state index < -0.39 is 0 Å². The summed E-state index contributed by atoms with van der Waals surface area (Å²) in [4.78, 5) is 1.38. The molecule has 0 aliphatic heterocycles. The Labute approximate surface area is 149 Å². The zero-order valence-electron chi connectivity index (χ0n) is 14.6. The molecule has 3 heteroatoms. The van der Waals surface area contributed by atoms with Crippen LogP contribution in [0.1, 0.15) is 45.6 Å². The highest BCUT2D eigenvalue weighted by Gasteiger charge is 2.13. The maximum Gasteiger partial charge on any atom is 0.119 e. The second-order valence-electron chi connectivity index (χ2n) is 6.80. The lowest BCUT2D eigenvalue weighted by atomic mass is 9.99. The van der Waals surface area contributed by atoms with Gasteiger partial charge in [-0.2, -0.15) is 11.3 Å². The van der Waals surface area contributed by atoms with E-state index >= 15 is 0 Å². The Balaban J connectivity index is 1.86. The van der Waals surface area contributed by atoms with Gasteiger partial charge in [0.05, 0.1) is 6.61 Å². The first-order valence-corrected chi connectivity index (χ1v) is 10.3. The Morgan fingerprint density at radius 1 is 1.04 bits per heavy atom. The lowest BCUT2D eigenvalue weighted by molar-refractivity contribution is 0.242. The molecule has 0 amide bonds. The Morgan fingerprint density at radius 3 is 2.35 bits per heavy atom. The molecule has 2 aromatic rings. The molecule has 126 valence electrons. The van der Waals surface area contributed by atoms with Crippen molar-refractivity contribution in [3.8, 4) is 5.75 Å². The predicted molar refractivity (Wildman–Crippen MR) is 104 cm³/mol. The van der Waals surface area contributed by atoms with E-state index in [1.54, 1.807) is 11.3 Å². The molecular weight excluding hydrogens is 320 g/mol. The molecule has 1 aromatic carbocycles. The van der Waals surface area contributed by atoms with Crippen LogP contribution in [-0.2, 0) is 0 Å². The fourth-order valence-electron chi connectivity index (χ4n) is 2.56. The second kappa shape index (κ2) is 9.39. The van der Waals surface area contributed by atoms with E-state index in [-0.39, 0.29) is 0 Å². The summed E-state index contributed by atoms with van der Waals surface area (Å²) in [5, 5.41) is 4.37. The molecule has 0 bridgehead atoms. The first-order valence-electron chi connectivity index (χ1n) is 8.42. The summed E-state index contributed by atoms with van der Waals surface area (Å²) in [6.07, 6.45) is 1.21. The second-order valence-corrected chi connectivity index (χ2v) is 8.67. The molecule has 1 unspecified atom stereocenters. The van der Waals surface area contributed by atoms with E-state index in [0.29, 0.717) is 17.8 Å². The lowest BCUT2D eigenvalue weighted by Gasteiger charge is -2.19. The number of hydrogen-bond acceptors (Lipinski definition) is 3. The van der Waals surface area contributed by atoms with Gasteiger partial charge in [-0.25, -0.2) is 0 Å². The van der Waals surface area contributed by atoms with Crippen molar-refractivity contribution < 1.29 is 4.74 Å². The van der Waals surface area contributed by atoms with Gasteiger partial charge in [0.1, 0.15) is 5.75 Å². The van der Waals surface area contributed by atoms with Gasteiger partial charge >= 0.3 is 0 Å². The molecule has 0 spiro atoms.